The Morgan fingerprint density at radius 2 is 1.73 bits per heavy atom. The van der Waals surface area contributed by atoms with E-state index in [1.807, 2.05) is 0 Å². The number of carbonyl (C=O) groups excluding carboxylic acids is 2. The minimum absolute atomic E-state index is 0.00778. The molecule has 0 bridgehead atoms. The first-order valence-corrected chi connectivity index (χ1v) is 9.40. The monoisotopic (exact) mass is 332 g/mol. The molecule has 1 atom stereocenters. The minimum Gasteiger partial charge on any atom is -0.358 e. The number of likely N-dealkylation sites (tertiary alicyclic amines) is 1. The zero-order valence-corrected chi connectivity index (χ0v) is 13.6. The first-order valence-electron chi connectivity index (χ1n) is 7.58. The number of hydrogen-bond donors (Lipinski definition) is 3. The molecule has 9 heteroatoms. The lowest BCUT2D eigenvalue weighted by Crippen LogP contribution is -2.51. The molecule has 3 amide bonds. The summed E-state index contributed by atoms with van der Waals surface area (Å²) in [6.45, 7) is 1.90. The fourth-order valence-corrected chi connectivity index (χ4v) is 4.51. The molecule has 2 saturated heterocycles. The number of likely N-dealkylation sites (N-methyl/N-ethyl adjacent to an activating group) is 1. The number of hydrogen-bond acceptors (Lipinski definition) is 5. The maximum absolute atomic E-state index is 11.9. The highest BCUT2D eigenvalue weighted by atomic mass is 32.2. The Bertz CT molecular complexity index is 514. The maximum atomic E-state index is 11.9. The van der Waals surface area contributed by atoms with Crippen LogP contribution in [0, 0.1) is 0 Å². The lowest BCUT2D eigenvalue weighted by atomic mass is 10.1. The number of nitrogens with one attached hydrogen (secondary N) is 3. The average Bonchev–Trinajstić information content (AvgIpc) is 2.79. The summed E-state index contributed by atoms with van der Waals surface area (Å²) in [6, 6.07) is -0.510. The van der Waals surface area contributed by atoms with Crippen molar-refractivity contribution in [3.8, 4) is 0 Å². The van der Waals surface area contributed by atoms with Gasteiger partial charge in [-0.1, -0.05) is 0 Å². The van der Waals surface area contributed by atoms with Gasteiger partial charge in [0, 0.05) is 32.2 Å². The van der Waals surface area contributed by atoms with Crippen molar-refractivity contribution in [3.05, 3.63) is 0 Å². The molecular weight excluding hydrogens is 308 g/mol. The lowest BCUT2D eigenvalue weighted by Gasteiger charge is -2.31. The Kier molecular flexibility index (Phi) is 5.63. The van der Waals surface area contributed by atoms with Gasteiger partial charge < -0.3 is 16.0 Å². The molecule has 3 N–H and O–H groups in total. The highest BCUT2D eigenvalue weighted by Gasteiger charge is 2.29. The Morgan fingerprint density at radius 3 is 2.27 bits per heavy atom. The van der Waals surface area contributed by atoms with E-state index >= 15 is 0 Å². The topological polar surface area (TPSA) is 108 Å². The third kappa shape index (κ3) is 5.13. The number of carbonyl (C=O) groups is 2. The molecule has 0 aromatic heterocycles. The van der Waals surface area contributed by atoms with Crippen LogP contribution in [0.2, 0.25) is 0 Å². The molecule has 2 aliphatic heterocycles. The summed E-state index contributed by atoms with van der Waals surface area (Å²) in [7, 11) is -1.37. The summed E-state index contributed by atoms with van der Waals surface area (Å²) >= 11 is 0. The second-order valence-corrected chi connectivity index (χ2v) is 8.17. The quantitative estimate of drug-likeness (QED) is 0.592. The summed E-state index contributed by atoms with van der Waals surface area (Å²) < 4.78 is 22.7. The summed E-state index contributed by atoms with van der Waals surface area (Å²) in [5, 5.41) is 8.21. The largest absolute Gasteiger partial charge is 0.358 e. The lowest BCUT2D eigenvalue weighted by molar-refractivity contribution is -0.122. The van der Waals surface area contributed by atoms with E-state index in [1.165, 1.54) is 0 Å². The van der Waals surface area contributed by atoms with Crippen LogP contribution < -0.4 is 16.0 Å². The van der Waals surface area contributed by atoms with Gasteiger partial charge in [0.25, 0.3) is 0 Å². The van der Waals surface area contributed by atoms with Crippen LogP contribution in [0.25, 0.3) is 0 Å². The van der Waals surface area contributed by atoms with Crippen LogP contribution in [-0.2, 0) is 14.6 Å². The molecule has 2 heterocycles. The molecule has 0 saturated carbocycles. The fourth-order valence-electron chi connectivity index (χ4n) is 2.84. The second kappa shape index (κ2) is 7.28. The van der Waals surface area contributed by atoms with E-state index in [9.17, 15) is 18.0 Å². The van der Waals surface area contributed by atoms with Crippen LogP contribution in [0.3, 0.4) is 0 Å². The maximum Gasteiger partial charge on any atom is 0.315 e. The molecule has 0 spiro atoms. The summed E-state index contributed by atoms with van der Waals surface area (Å²) in [4.78, 5) is 25.2. The van der Waals surface area contributed by atoms with Crippen LogP contribution in [0.1, 0.15) is 19.3 Å². The standard InChI is InChI=1S/C13H24N4O4S/c1-14-12(18)8-17-5-2-10(3-6-17)15-13(19)16-11-4-7-22(20,21)9-11/h10-11H,2-9H2,1H3,(H,14,18)(H2,15,16,19)/t11-/m0/s1. The number of nitrogens with zero attached hydrogens (tertiary/aromatic N) is 1. The molecule has 0 radical (unpaired) electrons. The van der Waals surface area contributed by atoms with E-state index in [0.717, 1.165) is 25.9 Å². The third-order valence-electron chi connectivity index (χ3n) is 4.14. The van der Waals surface area contributed by atoms with Crippen molar-refractivity contribution in [2.24, 2.45) is 0 Å². The second-order valence-electron chi connectivity index (χ2n) is 5.94. The Morgan fingerprint density at radius 1 is 1.09 bits per heavy atom. The highest BCUT2D eigenvalue weighted by Crippen LogP contribution is 2.12. The van der Waals surface area contributed by atoms with Gasteiger partial charge in [-0.2, -0.15) is 0 Å². The molecule has 0 aromatic carbocycles. The Labute approximate surface area is 130 Å². The van der Waals surface area contributed by atoms with Crippen molar-refractivity contribution in [1.29, 1.82) is 0 Å². The number of sulfone groups is 1. The van der Waals surface area contributed by atoms with Gasteiger partial charge >= 0.3 is 6.03 Å². The summed E-state index contributed by atoms with van der Waals surface area (Å²) in [5.41, 5.74) is 0. The zero-order chi connectivity index (χ0) is 16.2. The molecular formula is C13H24N4O4S. The average molecular weight is 332 g/mol. The predicted octanol–water partition coefficient (Wildman–Crippen LogP) is -1.32. The summed E-state index contributed by atoms with van der Waals surface area (Å²) in [6.07, 6.45) is 2.06. The van der Waals surface area contributed by atoms with Crippen molar-refractivity contribution >= 4 is 21.8 Å². The van der Waals surface area contributed by atoms with Crippen molar-refractivity contribution in [2.45, 2.75) is 31.3 Å². The van der Waals surface area contributed by atoms with Crippen molar-refractivity contribution < 1.29 is 18.0 Å². The van der Waals surface area contributed by atoms with E-state index in [4.69, 9.17) is 0 Å². The van der Waals surface area contributed by atoms with Gasteiger partial charge in [0.1, 0.15) is 0 Å². The van der Waals surface area contributed by atoms with Gasteiger partial charge in [0.05, 0.1) is 18.1 Å². The number of urea groups is 1. The van der Waals surface area contributed by atoms with E-state index in [1.54, 1.807) is 7.05 Å². The Hall–Kier alpha value is -1.35. The predicted molar refractivity (Wildman–Crippen MR) is 82.3 cm³/mol. The number of amides is 3. The normalized spacial score (nSPS) is 25.6. The molecule has 22 heavy (non-hydrogen) atoms. The first-order chi connectivity index (χ1) is 10.4. The van der Waals surface area contributed by atoms with Gasteiger partial charge in [-0.25, -0.2) is 13.2 Å². The summed E-state index contributed by atoms with van der Waals surface area (Å²) in [5.74, 6) is 0.174. The molecule has 0 aromatic rings. The van der Waals surface area contributed by atoms with Crippen LogP contribution in [-0.4, -0.2) is 75.5 Å². The van der Waals surface area contributed by atoms with Gasteiger partial charge in [0.15, 0.2) is 9.84 Å². The molecule has 0 aliphatic carbocycles. The van der Waals surface area contributed by atoms with Gasteiger partial charge in [0.2, 0.25) is 5.91 Å². The fraction of sp³-hybridized carbons (Fsp3) is 0.846. The van der Waals surface area contributed by atoms with Crippen molar-refractivity contribution in [1.82, 2.24) is 20.9 Å². The molecule has 2 aliphatic rings. The number of piperidine rings is 1. The van der Waals surface area contributed by atoms with Crippen molar-refractivity contribution in [2.75, 3.05) is 38.2 Å². The van der Waals surface area contributed by atoms with E-state index in [0.29, 0.717) is 13.0 Å². The van der Waals surface area contributed by atoms with Crippen LogP contribution in [0.5, 0.6) is 0 Å². The Balaban J connectivity index is 1.67. The van der Waals surface area contributed by atoms with E-state index in [-0.39, 0.29) is 35.5 Å². The van der Waals surface area contributed by atoms with Crippen LogP contribution in [0.4, 0.5) is 4.79 Å². The van der Waals surface area contributed by atoms with E-state index < -0.39 is 9.84 Å². The van der Waals surface area contributed by atoms with Gasteiger partial charge in [-0.3, -0.25) is 9.69 Å². The van der Waals surface area contributed by atoms with Gasteiger partial charge in [-0.05, 0) is 19.3 Å². The van der Waals surface area contributed by atoms with Crippen LogP contribution in [0.15, 0.2) is 0 Å². The molecule has 0 unspecified atom stereocenters. The van der Waals surface area contributed by atoms with Crippen LogP contribution >= 0.6 is 0 Å². The smallest absolute Gasteiger partial charge is 0.315 e. The highest BCUT2D eigenvalue weighted by molar-refractivity contribution is 7.91. The molecule has 2 rings (SSSR count). The first kappa shape index (κ1) is 17.0. The number of rotatable bonds is 4. The molecule has 8 nitrogen and oxygen atoms in total. The zero-order valence-electron chi connectivity index (χ0n) is 12.8. The van der Waals surface area contributed by atoms with Gasteiger partial charge in [-0.15, -0.1) is 0 Å². The SMILES string of the molecule is CNC(=O)CN1CCC(NC(=O)N[C@H]2CCS(=O)(=O)C2)CC1. The van der Waals surface area contributed by atoms with Crippen molar-refractivity contribution in [3.63, 3.8) is 0 Å². The molecule has 2 fully saturated rings. The molecule has 126 valence electrons. The van der Waals surface area contributed by atoms with E-state index in [2.05, 4.69) is 20.9 Å². The minimum atomic E-state index is -2.98. The third-order valence-corrected chi connectivity index (χ3v) is 5.90.